The summed E-state index contributed by atoms with van der Waals surface area (Å²) in [5.41, 5.74) is 7.73. The van der Waals surface area contributed by atoms with Crippen LogP contribution in [0.2, 0.25) is 0 Å². The topological polar surface area (TPSA) is 57.0 Å². The second kappa shape index (κ2) is 4.74. The van der Waals surface area contributed by atoms with Gasteiger partial charge in [0.1, 0.15) is 13.2 Å². The van der Waals surface area contributed by atoms with E-state index in [1.165, 1.54) is 0 Å². The summed E-state index contributed by atoms with van der Waals surface area (Å²) in [5, 5.41) is 0. The van der Waals surface area contributed by atoms with Gasteiger partial charge < -0.3 is 24.8 Å². The van der Waals surface area contributed by atoms with Crippen LogP contribution in [0, 0.1) is 0 Å². The molecule has 5 nitrogen and oxygen atoms in total. The maximum Gasteiger partial charge on any atom is 0.163 e. The zero-order valence-corrected chi connectivity index (χ0v) is 12.3. The van der Waals surface area contributed by atoms with Gasteiger partial charge in [0.15, 0.2) is 11.5 Å². The lowest BCUT2D eigenvalue weighted by Gasteiger charge is -2.43. The van der Waals surface area contributed by atoms with E-state index >= 15 is 0 Å². The van der Waals surface area contributed by atoms with Gasteiger partial charge in [-0.05, 0) is 20.8 Å². The molecule has 0 saturated carbocycles. The maximum atomic E-state index is 6.19. The first kappa shape index (κ1) is 13.4. The van der Waals surface area contributed by atoms with E-state index in [4.69, 9.17) is 19.9 Å². The smallest absolute Gasteiger partial charge is 0.163 e. The Morgan fingerprint density at radius 2 is 1.85 bits per heavy atom. The van der Waals surface area contributed by atoms with Gasteiger partial charge in [-0.2, -0.15) is 0 Å². The Bertz CT molecular complexity index is 516. The first-order chi connectivity index (χ1) is 9.44. The van der Waals surface area contributed by atoms with E-state index in [0.29, 0.717) is 13.2 Å². The van der Waals surface area contributed by atoms with Crippen LogP contribution in [0.5, 0.6) is 11.5 Å². The van der Waals surface area contributed by atoms with E-state index in [9.17, 15) is 0 Å². The minimum absolute atomic E-state index is 0.173. The molecule has 0 radical (unpaired) electrons. The number of ether oxygens (including phenoxy) is 3. The number of rotatable bonds is 1. The maximum absolute atomic E-state index is 6.19. The van der Waals surface area contributed by atoms with Crippen molar-refractivity contribution in [1.29, 1.82) is 0 Å². The highest BCUT2D eigenvalue weighted by atomic mass is 16.6. The Labute approximate surface area is 119 Å². The average molecular weight is 278 g/mol. The molecule has 2 N–H and O–H groups in total. The molecular formula is C15H22N2O3. The second-order valence-electron chi connectivity index (χ2n) is 6.12. The molecular weight excluding hydrogens is 256 g/mol. The quantitative estimate of drug-likeness (QED) is 0.797. The van der Waals surface area contributed by atoms with Crippen LogP contribution in [0.3, 0.4) is 0 Å². The Kier molecular flexibility index (Phi) is 3.17. The fourth-order valence-corrected chi connectivity index (χ4v) is 3.00. The molecule has 2 heterocycles. The first-order valence-electron chi connectivity index (χ1n) is 7.06. The van der Waals surface area contributed by atoms with Gasteiger partial charge in [0.2, 0.25) is 0 Å². The van der Waals surface area contributed by atoms with Gasteiger partial charge in [-0.1, -0.05) is 0 Å². The highest BCUT2D eigenvalue weighted by Crippen LogP contribution is 2.40. The molecule has 5 heteroatoms. The molecule has 1 aromatic rings. The van der Waals surface area contributed by atoms with E-state index in [0.717, 1.165) is 36.0 Å². The van der Waals surface area contributed by atoms with Crippen LogP contribution in [0.15, 0.2) is 12.1 Å². The standard InChI is InChI=1S/C15H22N2O3/c1-10-8-17(9-15(2,3)20-10)12-7-14-13(6-11(12)16)18-4-5-19-14/h6-7,10H,4-5,8-9,16H2,1-3H3. The van der Waals surface area contributed by atoms with E-state index in [1.54, 1.807) is 0 Å². The number of morpholine rings is 1. The van der Waals surface area contributed by atoms with Crippen LogP contribution in [0.25, 0.3) is 0 Å². The number of nitrogens with two attached hydrogens (primary N) is 1. The molecule has 0 bridgehead atoms. The number of fused-ring (bicyclic) bond motifs is 1. The molecule has 1 aromatic carbocycles. The Balaban J connectivity index is 1.93. The van der Waals surface area contributed by atoms with Crippen molar-refractivity contribution in [2.75, 3.05) is 36.9 Å². The van der Waals surface area contributed by atoms with Gasteiger partial charge in [-0.3, -0.25) is 0 Å². The minimum Gasteiger partial charge on any atom is -0.486 e. The van der Waals surface area contributed by atoms with Crippen molar-refractivity contribution in [3.63, 3.8) is 0 Å². The van der Waals surface area contributed by atoms with Crippen molar-refractivity contribution in [3.8, 4) is 11.5 Å². The van der Waals surface area contributed by atoms with E-state index in [2.05, 4.69) is 25.7 Å². The number of hydrogen-bond donors (Lipinski definition) is 1. The minimum atomic E-state index is -0.183. The molecule has 1 unspecified atom stereocenters. The summed E-state index contributed by atoms with van der Waals surface area (Å²) in [4.78, 5) is 2.27. The lowest BCUT2D eigenvalue weighted by Crippen LogP contribution is -2.52. The summed E-state index contributed by atoms with van der Waals surface area (Å²) in [6.45, 7) is 9.08. The lowest BCUT2D eigenvalue weighted by atomic mass is 10.0. The first-order valence-corrected chi connectivity index (χ1v) is 7.06. The molecule has 3 rings (SSSR count). The van der Waals surface area contributed by atoms with Crippen LogP contribution in [-0.4, -0.2) is 38.0 Å². The predicted octanol–water partition coefficient (Wildman–Crippen LogP) is 2.04. The average Bonchev–Trinajstić information content (AvgIpc) is 2.35. The Hall–Kier alpha value is -1.62. The summed E-state index contributed by atoms with van der Waals surface area (Å²) in [7, 11) is 0. The SMILES string of the molecule is CC1CN(c2cc3c(cc2N)OCCO3)CC(C)(C)O1. The van der Waals surface area contributed by atoms with Gasteiger partial charge in [-0.15, -0.1) is 0 Å². The number of anilines is 2. The van der Waals surface area contributed by atoms with Crippen molar-refractivity contribution >= 4 is 11.4 Å². The monoisotopic (exact) mass is 278 g/mol. The Morgan fingerprint density at radius 1 is 1.20 bits per heavy atom. The number of benzene rings is 1. The van der Waals surface area contributed by atoms with Crippen LogP contribution in [0.1, 0.15) is 20.8 Å². The van der Waals surface area contributed by atoms with E-state index < -0.39 is 0 Å². The zero-order valence-electron chi connectivity index (χ0n) is 12.3. The fraction of sp³-hybridized carbons (Fsp3) is 0.600. The molecule has 1 saturated heterocycles. The highest BCUT2D eigenvalue weighted by Gasteiger charge is 2.32. The normalized spacial score (nSPS) is 24.6. The van der Waals surface area contributed by atoms with Crippen LogP contribution in [-0.2, 0) is 4.74 Å². The van der Waals surface area contributed by atoms with Gasteiger partial charge in [0, 0.05) is 25.2 Å². The van der Waals surface area contributed by atoms with Crippen molar-refractivity contribution in [2.45, 2.75) is 32.5 Å². The van der Waals surface area contributed by atoms with Crippen LogP contribution < -0.4 is 20.1 Å². The molecule has 0 amide bonds. The second-order valence-corrected chi connectivity index (χ2v) is 6.12. The number of nitrogens with zero attached hydrogens (tertiary/aromatic N) is 1. The molecule has 0 spiro atoms. The third-order valence-corrected chi connectivity index (χ3v) is 3.60. The van der Waals surface area contributed by atoms with Crippen molar-refractivity contribution in [2.24, 2.45) is 0 Å². The van der Waals surface area contributed by atoms with E-state index in [-0.39, 0.29) is 11.7 Å². The summed E-state index contributed by atoms with van der Waals surface area (Å²) in [6.07, 6.45) is 0.173. The largest absolute Gasteiger partial charge is 0.486 e. The molecule has 1 atom stereocenters. The highest BCUT2D eigenvalue weighted by molar-refractivity contribution is 5.73. The summed E-state index contributed by atoms with van der Waals surface area (Å²) < 4.78 is 17.2. The van der Waals surface area contributed by atoms with Gasteiger partial charge in [0.05, 0.1) is 23.1 Å². The third kappa shape index (κ3) is 2.50. The molecule has 110 valence electrons. The summed E-state index contributed by atoms with van der Waals surface area (Å²) >= 11 is 0. The van der Waals surface area contributed by atoms with Gasteiger partial charge in [0.25, 0.3) is 0 Å². The van der Waals surface area contributed by atoms with E-state index in [1.807, 2.05) is 12.1 Å². The molecule has 0 aliphatic carbocycles. The summed E-state index contributed by atoms with van der Waals surface area (Å²) in [5.74, 6) is 1.51. The Morgan fingerprint density at radius 3 is 2.50 bits per heavy atom. The zero-order chi connectivity index (χ0) is 14.3. The molecule has 2 aliphatic heterocycles. The lowest BCUT2D eigenvalue weighted by molar-refractivity contribution is -0.0749. The number of hydrogen-bond acceptors (Lipinski definition) is 5. The third-order valence-electron chi connectivity index (χ3n) is 3.60. The van der Waals surface area contributed by atoms with Crippen molar-refractivity contribution in [1.82, 2.24) is 0 Å². The summed E-state index contributed by atoms with van der Waals surface area (Å²) in [6, 6.07) is 3.84. The van der Waals surface area contributed by atoms with Crippen LogP contribution in [0.4, 0.5) is 11.4 Å². The van der Waals surface area contributed by atoms with Gasteiger partial charge in [-0.25, -0.2) is 0 Å². The van der Waals surface area contributed by atoms with Gasteiger partial charge >= 0.3 is 0 Å². The van der Waals surface area contributed by atoms with Crippen molar-refractivity contribution < 1.29 is 14.2 Å². The van der Waals surface area contributed by atoms with Crippen molar-refractivity contribution in [3.05, 3.63) is 12.1 Å². The molecule has 20 heavy (non-hydrogen) atoms. The number of nitrogen functional groups attached to an aromatic ring is 1. The van der Waals surface area contributed by atoms with Crippen LogP contribution >= 0.6 is 0 Å². The molecule has 0 aromatic heterocycles. The molecule has 1 fully saturated rings. The molecule has 2 aliphatic rings. The predicted molar refractivity (Wildman–Crippen MR) is 78.7 cm³/mol. The fourth-order valence-electron chi connectivity index (χ4n) is 3.00.